The molecule has 1 N–H and O–H groups in total. The van der Waals surface area contributed by atoms with E-state index >= 15 is 0 Å². The molecule has 1 saturated carbocycles. The minimum Gasteiger partial charge on any atom is -0.342 e. The summed E-state index contributed by atoms with van der Waals surface area (Å²) >= 11 is 0. The second-order valence-corrected chi connectivity index (χ2v) is 5.91. The van der Waals surface area contributed by atoms with Gasteiger partial charge < -0.3 is 10.2 Å². The highest BCUT2D eigenvalue weighted by atomic mass is 16.2. The van der Waals surface area contributed by atoms with Gasteiger partial charge in [-0.25, -0.2) is 0 Å². The van der Waals surface area contributed by atoms with Gasteiger partial charge in [-0.2, -0.15) is 0 Å². The van der Waals surface area contributed by atoms with E-state index in [2.05, 4.69) is 35.6 Å². The molecule has 2 rings (SSSR count). The zero-order valence-electron chi connectivity index (χ0n) is 13.3. The van der Waals surface area contributed by atoms with Crippen molar-refractivity contribution >= 4 is 5.91 Å². The second kappa shape index (κ2) is 8.18. The fraction of sp³-hybridized carbons (Fsp3) is 0.611. The lowest BCUT2D eigenvalue weighted by Gasteiger charge is -2.30. The van der Waals surface area contributed by atoms with Crippen molar-refractivity contribution in [1.82, 2.24) is 10.2 Å². The minimum atomic E-state index is 0.227. The Labute approximate surface area is 128 Å². The van der Waals surface area contributed by atoms with Gasteiger partial charge in [0.25, 0.3) is 0 Å². The largest absolute Gasteiger partial charge is 0.342 e. The van der Waals surface area contributed by atoms with Crippen LogP contribution in [0.4, 0.5) is 0 Å². The van der Waals surface area contributed by atoms with Crippen molar-refractivity contribution in [3.8, 4) is 0 Å². The number of benzene rings is 1. The van der Waals surface area contributed by atoms with Crippen LogP contribution in [0.15, 0.2) is 30.3 Å². The van der Waals surface area contributed by atoms with Crippen LogP contribution in [0.2, 0.25) is 0 Å². The summed E-state index contributed by atoms with van der Waals surface area (Å²) in [6.45, 7) is 6.16. The highest BCUT2D eigenvalue weighted by molar-refractivity contribution is 5.78. The lowest BCUT2D eigenvalue weighted by molar-refractivity contribution is -0.130. The first-order valence-electron chi connectivity index (χ1n) is 8.30. The topological polar surface area (TPSA) is 32.3 Å². The minimum absolute atomic E-state index is 0.227. The third kappa shape index (κ3) is 4.57. The van der Waals surface area contributed by atoms with Crippen LogP contribution in [-0.2, 0) is 4.79 Å². The van der Waals surface area contributed by atoms with E-state index in [0.29, 0.717) is 18.5 Å². The van der Waals surface area contributed by atoms with E-state index in [0.717, 1.165) is 13.1 Å². The molecule has 0 spiro atoms. The summed E-state index contributed by atoms with van der Waals surface area (Å²) in [5.41, 5.74) is 1.47. The van der Waals surface area contributed by atoms with Crippen LogP contribution in [0.3, 0.4) is 0 Å². The molecule has 0 aromatic heterocycles. The van der Waals surface area contributed by atoms with Gasteiger partial charge in [-0.3, -0.25) is 4.79 Å². The van der Waals surface area contributed by atoms with Crippen molar-refractivity contribution in [2.24, 2.45) is 0 Å². The van der Waals surface area contributed by atoms with Gasteiger partial charge in [0.1, 0.15) is 0 Å². The quantitative estimate of drug-likeness (QED) is 0.872. The third-order valence-electron chi connectivity index (χ3n) is 4.66. The predicted molar refractivity (Wildman–Crippen MR) is 87.4 cm³/mol. The van der Waals surface area contributed by atoms with Gasteiger partial charge in [0.05, 0.1) is 6.54 Å². The number of carbonyl (C=O) groups is 1. The summed E-state index contributed by atoms with van der Waals surface area (Å²) in [5, 5.41) is 3.45. The average Bonchev–Trinajstić information content (AvgIpc) is 2.55. The van der Waals surface area contributed by atoms with Crippen LogP contribution in [0.1, 0.15) is 51.0 Å². The van der Waals surface area contributed by atoms with Crippen molar-refractivity contribution in [1.29, 1.82) is 0 Å². The van der Waals surface area contributed by atoms with Gasteiger partial charge in [0.15, 0.2) is 0 Å². The monoisotopic (exact) mass is 288 g/mol. The van der Waals surface area contributed by atoms with Crippen molar-refractivity contribution in [3.05, 3.63) is 35.9 Å². The Bertz CT molecular complexity index is 420. The van der Waals surface area contributed by atoms with Crippen LogP contribution in [0, 0.1) is 0 Å². The predicted octanol–water partition coefficient (Wildman–Crippen LogP) is 3.17. The number of hydrogen-bond donors (Lipinski definition) is 1. The first-order chi connectivity index (χ1) is 10.2. The van der Waals surface area contributed by atoms with Gasteiger partial charge >= 0.3 is 0 Å². The SMILES string of the molecule is CCN(CC)C(=O)CNC1CCC(c2ccccc2)CC1. The highest BCUT2D eigenvalue weighted by Gasteiger charge is 2.22. The first kappa shape index (κ1) is 16.0. The molecule has 1 fully saturated rings. The molecule has 1 aromatic carbocycles. The molecule has 1 aliphatic rings. The Hall–Kier alpha value is -1.35. The Morgan fingerprint density at radius 3 is 2.29 bits per heavy atom. The van der Waals surface area contributed by atoms with E-state index in [4.69, 9.17) is 0 Å². The molecule has 0 unspecified atom stereocenters. The summed E-state index contributed by atoms with van der Waals surface area (Å²) < 4.78 is 0. The molecule has 1 aliphatic carbocycles. The average molecular weight is 288 g/mol. The molecule has 0 bridgehead atoms. The maximum absolute atomic E-state index is 12.0. The number of nitrogens with zero attached hydrogens (tertiary/aromatic N) is 1. The Kier molecular flexibility index (Phi) is 6.24. The van der Waals surface area contributed by atoms with Crippen LogP contribution < -0.4 is 5.32 Å². The van der Waals surface area contributed by atoms with E-state index in [1.807, 2.05) is 18.7 Å². The van der Waals surface area contributed by atoms with Crippen LogP contribution in [-0.4, -0.2) is 36.5 Å². The smallest absolute Gasteiger partial charge is 0.236 e. The van der Waals surface area contributed by atoms with Gasteiger partial charge in [-0.1, -0.05) is 30.3 Å². The summed E-state index contributed by atoms with van der Waals surface area (Å²) in [7, 11) is 0. The van der Waals surface area contributed by atoms with Gasteiger partial charge in [0, 0.05) is 19.1 Å². The molecule has 0 saturated heterocycles. The van der Waals surface area contributed by atoms with Crippen molar-refractivity contribution in [2.75, 3.05) is 19.6 Å². The number of rotatable bonds is 6. The molecule has 21 heavy (non-hydrogen) atoms. The number of carbonyl (C=O) groups excluding carboxylic acids is 1. The van der Waals surface area contributed by atoms with E-state index in [-0.39, 0.29) is 5.91 Å². The number of amides is 1. The zero-order valence-corrected chi connectivity index (χ0v) is 13.3. The zero-order chi connectivity index (χ0) is 15.1. The maximum atomic E-state index is 12.0. The fourth-order valence-electron chi connectivity index (χ4n) is 3.28. The number of likely N-dealkylation sites (N-methyl/N-ethyl adjacent to an activating group) is 1. The van der Waals surface area contributed by atoms with Crippen LogP contribution >= 0.6 is 0 Å². The molecule has 0 atom stereocenters. The molecule has 0 heterocycles. The third-order valence-corrected chi connectivity index (χ3v) is 4.66. The molecular weight excluding hydrogens is 260 g/mol. The molecule has 0 radical (unpaired) electrons. The van der Waals surface area contributed by atoms with Gasteiger partial charge in [-0.15, -0.1) is 0 Å². The normalized spacial score (nSPS) is 22.0. The van der Waals surface area contributed by atoms with Crippen molar-refractivity contribution < 1.29 is 4.79 Å². The van der Waals surface area contributed by atoms with Gasteiger partial charge in [-0.05, 0) is 51.0 Å². The van der Waals surface area contributed by atoms with Crippen molar-refractivity contribution in [3.63, 3.8) is 0 Å². The summed E-state index contributed by atoms with van der Waals surface area (Å²) in [6, 6.07) is 11.3. The molecular formula is C18H28N2O. The summed E-state index contributed by atoms with van der Waals surface area (Å²) in [6.07, 6.45) is 4.79. The first-order valence-corrected chi connectivity index (χ1v) is 8.30. The summed E-state index contributed by atoms with van der Waals surface area (Å²) in [4.78, 5) is 13.9. The lowest BCUT2D eigenvalue weighted by atomic mass is 9.82. The Morgan fingerprint density at radius 2 is 1.71 bits per heavy atom. The van der Waals surface area contributed by atoms with E-state index in [1.54, 1.807) is 0 Å². The molecule has 116 valence electrons. The maximum Gasteiger partial charge on any atom is 0.236 e. The van der Waals surface area contributed by atoms with Crippen molar-refractivity contribution in [2.45, 2.75) is 51.5 Å². The molecule has 1 aromatic rings. The Balaban J connectivity index is 1.73. The highest BCUT2D eigenvalue weighted by Crippen LogP contribution is 2.32. The molecule has 1 amide bonds. The standard InChI is InChI=1S/C18H28N2O/c1-3-20(4-2)18(21)14-19-17-12-10-16(11-13-17)15-8-6-5-7-9-15/h5-9,16-17,19H,3-4,10-14H2,1-2H3. The number of nitrogens with one attached hydrogen (secondary N) is 1. The Morgan fingerprint density at radius 1 is 1.10 bits per heavy atom. The number of hydrogen-bond acceptors (Lipinski definition) is 2. The van der Waals surface area contributed by atoms with Crippen LogP contribution in [0.5, 0.6) is 0 Å². The molecule has 3 nitrogen and oxygen atoms in total. The van der Waals surface area contributed by atoms with Crippen LogP contribution in [0.25, 0.3) is 0 Å². The van der Waals surface area contributed by atoms with E-state index < -0.39 is 0 Å². The fourth-order valence-corrected chi connectivity index (χ4v) is 3.28. The molecule has 3 heteroatoms. The summed E-state index contributed by atoms with van der Waals surface area (Å²) in [5.74, 6) is 0.924. The van der Waals surface area contributed by atoms with E-state index in [1.165, 1.54) is 31.2 Å². The van der Waals surface area contributed by atoms with E-state index in [9.17, 15) is 4.79 Å². The second-order valence-electron chi connectivity index (χ2n) is 5.91. The molecule has 0 aliphatic heterocycles. The van der Waals surface area contributed by atoms with Gasteiger partial charge in [0.2, 0.25) is 5.91 Å². The lowest BCUT2D eigenvalue weighted by Crippen LogP contribution is -2.42.